The van der Waals surface area contributed by atoms with Crippen LogP contribution in [-0.4, -0.2) is 24.3 Å². The first-order valence-electron chi connectivity index (χ1n) is 2.31. The Labute approximate surface area is 54.7 Å². The van der Waals surface area contributed by atoms with Gasteiger partial charge in [-0.05, 0) is 0 Å². The van der Waals surface area contributed by atoms with Crippen molar-refractivity contribution in [2.45, 2.75) is 17.7 Å². The van der Waals surface area contributed by atoms with Crippen LogP contribution in [0.2, 0.25) is 0 Å². The molecule has 0 N–H and O–H groups in total. The van der Waals surface area contributed by atoms with Crippen molar-refractivity contribution >= 4 is 11.6 Å². The van der Waals surface area contributed by atoms with Crippen molar-refractivity contribution in [1.29, 1.82) is 0 Å². The second-order valence-electron chi connectivity index (χ2n) is 1.82. The maximum absolute atomic E-state index is 12.1. The average molecular weight is 161 g/mol. The number of ether oxygens (including phenoxy) is 1. The topological polar surface area (TPSA) is 9.23 Å². The van der Waals surface area contributed by atoms with E-state index in [0.717, 1.165) is 0 Å². The molecule has 1 saturated heterocycles. The molecule has 1 aliphatic heterocycles. The minimum atomic E-state index is -3.40. The summed E-state index contributed by atoms with van der Waals surface area (Å²) in [4.78, 5) is 0. The van der Waals surface area contributed by atoms with Crippen LogP contribution < -0.4 is 0 Å². The molecule has 54 valence electrons. The summed E-state index contributed by atoms with van der Waals surface area (Å²) in [6.07, 6.45) is -2.36. The SMILES string of the molecule is FC1C(Cl)OCC1(F)F. The van der Waals surface area contributed by atoms with Gasteiger partial charge in [-0.1, -0.05) is 11.6 Å². The summed E-state index contributed by atoms with van der Waals surface area (Å²) in [6.45, 7) is -0.914. The minimum absolute atomic E-state index is 0.914. The zero-order chi connectivity index (χ0) is 7.07. The number of hydrogen-bond acceptors (Lipinski definition) is 1. The van der Waals surface area contributed by atoms with Gasteiger partial charge in [0, 0.05) is 0 Å². The van der Waals surface area contributed by atoms with Gasteiger partial charge in [-0.2, -0.15) is 0 Å². The van der Waals surface area contributed by atoms with Crippen LogP contribution in [0.1, 0.15) is 0 Å². The van der Waals surface area contributed by atoms with E-state index in [1.807, 2.05) is 0 Å². The molecule has 1 rings (SSSR count). The molecule has 0 aliphatic carbocycles. The Kier molecular flexibility index (Phi) is 1.61. The highest BCUT2D eigenvalue weighted by atomic mass is 35.5. The number of rotatable bonds is 0. The van der Waals surface area contributed by atoms with Crippen LogP contribution in [0.5, 0.6) is 0 Å². The molecule has 5 heteroatoms. The average Bonchev–Trinajstić information content (AvgIpc) is 1.97. The summed E-state index contributed by atoms with van der Waals surface area (Å²) in [5.41, 5.74) is -1.49. The minimum Gasteiger partial charge on any atom is -0.353 e. The largest absolute Gasteiger partial charge is 0.353 e. The summed E-state index contributed by atoms with van der Waals surface area (Å²) < 4.78 is 40.2. The number of hydrogen-bond donors (Lipinski definition) is 0. The molecular weight excluding hydrogens is 156 g/mol. The van der Waals surface area contributed by atoms with Crippen LogP contribution in [0, 0.1) is 0 Å². The highest BCUT2D eigenvalue weighted by Gasteiger charge is 2.51. The molecule has 0 aromatic heterocycles. The third kappa shape index (κ3) is 1.14. The molecule has 2 atom stereocenters. The summed E-state index contributed by atoms with van der Waals surface area (Å²) >= 11 is 4.97. The fourth-order valence-electron chi connectivity index (χ4n) is 0.547. The van der Waals surface area contributed by atoms with Gasteiger partial charge in [0.05, 0.1) is 0 Å². The second kappa shape index (κ2) is 2.02. The highest BCUT2D eigenvalue weighted by Crippen LogP contribution is 2.34. The maximum atomic E-state index is 12.1. The smallest absolute Gasteiger partial charge is 0.305 e. The van der Waals surface area contributed by atoms with E-state index in [2.05, 4.69) is 4.74 Å². The Morgan fingerprint density at radius 3 is 2.22 bits per heavy atom. The zero-order valence-electron chi connectivity index (χ0n) is 4.28. The van der Waals surface area contributed by atoms with Gasteiger partial charge in [-0.25, -0.2) is 13.2 Å². The summed E-state index contributed by atoms with van der Waals surface area (Å²) in [7, 11) is 0. The van der Waals surface area contributed by atoms with Crippen molar-refractivity contribution in [3.63, 3.8) is 0 Å². The molecule has 1 fully saturated rings. The molecule has 1 nitrogen and oxygen atoms in total. The van der Waals surface area contributed by atoms with Crippen LogP contribution in [0.25, 0.3) is 0 Å². The van der Waals surface area contributed by atoms with Gasteiger partial charge in [0.2, 0.25) is 6.17 Å². The first-order valence-corrected chi connectivity index (χ1v) is 2.75. The molecule has 0 aromatic rings. The first-order chi connectivity index (χ1) is 4.04. The molecule has 0 amide bonds. The van der Waals surface area contributed by atoms with Crippen LogP contribution >= 0.6 is 11.6 Å². The Morgan fingerprint density at radius 1 is 1.56 bits per heavy atom. The van der Waals surface area contributed by atoms with Crippen molar-refractivity contribution < 1.29 is 17.9 Å². The van der Waals surface area contributed by atoms with Gasteiger partial charge in [-0.3, -0.25) is 0 Å². The molecule has 0 radical (unpaired) electrons. The lowest BCUT2D eigenvalue weighted by atomic mass is 10.3. The standard InChI is InChI=1S/C4H4ClF3O/c5-3-2(6)4(7,8)1-9-3/h2-3H,1H2. The third-order valence-electron chi connectivity index (χ3n) is 1.07. The van der Waals surface area contributed by atoms with Crippen molar-refractivity contribution in [1.82, 2.24) is 0 Å². The maximum Gasteiger partial charge on any atom is 0.305 e. The van der Waals surface area contributed by atoms with Gasteiger partial charge in [0.1, 0.15) is 6.61 Å². The van der Waals surface area contributed by atoms with Gasteiger partial charge in [-0.15, -0.1) is 0 Å². The summed E-state index contributed by atoms with van der Waals surface area (Å²) in [5.74, 6) is -3.40. The molecular formula is C4H4ClF3O. The van der Waals surface area contributed by atoms with Gasteiger partial charge in [0.25, 0.3) is 0 Å². The highest BCUT2D eigenvalue weighted by molar-refractivity contribution is 6.20. The van der Waals surface area contributed by atoms with Crippen LogP contribution in [-0.2, 0) is 4.74 Å². The Bertz CT molecular complexity index is 118. The molecule has 0 spiro atoms. The Morgan fingerprint density at radius 2 is 2.11 bits per heavy atom. The van der Waals surface area contributed by atoms with Crippen LogP contribution in [0.3, 0.4) is 0 Å². The van der Waals surface area contributed by atoms with Crippen LogP contribution in [0.15, 0.2) is 0 Å². The molecule has 9 heavy (non-hydrogen) atoms. The van der Waals surface area contributed by atoms with Crippen LogP contribution in [0.4, 0.5) is 13.2 Å². The molecule has 0 aromatic carbocycles. The summed E-state index contributed by atoms with van der Waals surface area (Å²) in [5, 5.41) is 0. The molecule has 1 aliphatic rings. The van der Waals surface area contributed by atoms with Crippen molar-refractivity contribution in [3.05, 3.63) is 0 Å². The van der Waals surface area contributed by atoms with E-state index in [-0.39, 0.29) is 0 Å². The van der Waals surface area contributed by atoms with Gasteiger partial charge >= 0.3 is 5.92 Å². The quantitative estimate of drug-likeness (QED) is 0.489. The monoisotopic (exact) mass is 160 g/mol. The molecule has 2 unspecified atom stereocenters. The normalized spacial score (nSPS) is 41.3. The van der Waals surface area contributed by atoms with E-state index >= 15 is 0 Å². The van der Waals surface area contributed by atoms with Gasteiger partial charge in [0.15, 0.2) is 5.56 Å². The first kappa shape index (κ1) is 7.15. The van der Waals surface area contributed by atoms with E-state index in [9.17, 15) is 13.2 Å². The van der Waals surface area contributed by atoms with E-state index in [1.165, 1.54) is 0 Å². The van der Waals surface area contributed by atoms with Crippen molar-refractivity contribution in [3.8, 4) is 0 Å². The van der Waals surface area contributed by atoms with Crippen molar-refractivity contribution in [2.75, 3.05) is 6.61 Å². The Hall–Kier alpha value is 0.0400. The lowest BCUT2D eigenvalue weighted by molar-refractivity contribution is -0.0468. The third-order valence-corrected chi connectivity index (χ3v) is 1.42. The lowest BCUT2D eigenvalue weighted by Gasteiger charge is -2.08. The van der Waals surface area contributed by atoms with E-state index in [0.29, 0.717) is 0 Å². The van der Waals surface area contributed by atoms with E-state index in [4.69, 9.17) is 11.6 Å². The van der Waals surface area contributed by atoms with Crippen molar-refractivity contribution in [2.24, 2.45) is 0 Å². The zero-order valence-corrected chi connectivity index (χ0v) is 5.04. The fraction of sp³-hybridized carbons (Fsp3) is 1.00. The second-order valence-corrected chi connectivity index (χ2v) is 2.26. The molecule has 1 heterocycles. The predicted octanol–water partition coefficient (Wildman–Crippen LogP) is 1.55. The summed E-state index contributed by atoms with van der Waals surface area (Å²) in [6, 6.07) is 0. The van der Waals surface area contributed by atoms with E-state index in [1.54, 1.807) is 0 Å². The number of alkyl halides is 4. The molecule has 0 bridgehead atoms. The molecule has 0 saturated carbocycles. The lowest BCUT2D eigenvalue weighted by Crippen LogP contribution is -2.29. The Balaban J connectivity index is 2.62. The fourth-order valence-corrected chi connectivity index (χ4v) is 0.794. The van der Waals surface area contributed by atoms with Gasteiger partial charge < -0.3 is 4.74 Å². The number of halogens is 4. The predicted molar refractivity (Wildman–Crippen MR) is 25.4 cm³/mol. The van der Waals surface area contributed by atoms with E-state index < -0.39 is 24.3 Å².